The molecule has 1 heterocycles. The summed E-state index contributed by atoms with van der Waals surface area (Å²) in [4.78, 5) is 2.18. The lowest BCUT2D eigenvalue weighted by atomic mass is 10.0. The molecule has 1 N–H and O–H groups in total. The Hall–Kier alpha value is -1.87. The number of hydrogen-bond acceptors (Lipinski definition) is 2. The van der Waals surface area contributed by atoms with Crippen LogP contribution in [0.4, 0.5) is 10.1 Å². The zero-order valence-corrected chi connectivity index (χ0v) is 12.5. The third-order valence-corrected chi connectivity index (χ3v) is 4.18. The second-order valence-corrected chi connectivity index (χ2v) is 5.83. The lowest BCUT2D eigenvalue weighted by molar-refractivity contribution is 0.410. The Labute approximate surface area is 125 Å². The van der Waals surface area contributed by atoms with Gasteiger partial charge in [0, 0.05) is 25.2 Å². The van der Waals surface area contributed by atoms with Gasteiger partial charge < -0.3 is 10.2 Å². The van der Waals surface area contributed by atoms with E-state index in [0.717, 1.165) is 18.7 Å². The van der Waals surface area contributed by atoms with Crippen LogP contribution < -0.4 is 10.2 Å². The first kappa shape index (κ1) is 14.1. The van der Waals surface area contributed by atoms with Crippen molar-refractivity contribution >= 4 is 5.69 Å². The highest BCUT2D eigenvalue weighted by atomic mass is 19.1. The smallest absolute Gasteiger partial charge is 0.146 e. The topological polar surface area (TPSA) is 15.3 Å². The first-order chi connectivity index (χ1) is 10.1. The minimum Gasteiger partial charge on any atom is -0.363 e. The fourth-order valence-corrected chi connectivity index (χ4v) is 2.95. The summed E-state index contributed by atoms with van der Waals surface area (Å²) < 4.78 is 14.2. The molecule has 0 aliphatic carbocycles. The molecule has 0 spiro atoms. The van der Waals surface area contributed by atoms with Crippen LogP contribution in [0.1, 0.15) is 24.1 Å². The summed E-state index contributed by atoms with van der Waals surface area (Å²) in [7, 11) is 0. The first-order valence-electron chi connectivity index (χ1n) is 7.46. The normalized spacial score (nSPS) is 22.3. The second-order valence-electron chi connectivity index (χ2n) is 5.83. The van der Waals surface area contributed by atoms with Gasteiger partial charge in [-0.3, -0.25) is 0 Å². The number of hydrogen-bond donors (Lipinski definition) is 1. The molecule has 1 aliphatic heterocycles. The molecule has 2 aromatic carbocycles. The van der Waals surface area contributed by atoms with Crippen molar-refractivity contribution in [2.75, 3.05) is 18.0 Å². The van der Waals surface area contributed by atoms with Gasteiger partial charge in [-0.1, -0.05) is 36.4 Å². The van der Waals surface area contributed by atoms with E-state index in [1.165, 1.54) is 5.56 Å². The fraction of sp³-hybridized carbons (Fsp3) is 0.333. The highest BCUT2D eigenvalue weighted by Crippen LogP contribution is 2.28. The summed E-state index contributed by atoms with van der Waals surface area (Å²) >= 11 is 0. The van der Waals surface area contributed by atoms with Crippen LogP contribution in [-0.2, 0) is 0 Å². The maximum absolute atomic E-state index is 14.2. The lowest BCUT2D eigenvalue weighted by Gasteiger charge is -2.40. The molecule has 1 saturated heterocycles. The third kappa shape index (κ3) is 2.93. The Bertz CT molecular complexity index is 612. The van der Waals surface area contributed by atoms with Gasteiger partial charge in [-0.25, -0.2) is 4.39 Å². The average Bonchev–Trinajstić information content (AvgIpc) is 2.51. The van der Waals surface area contributed by atoms with Crippen molar-refractivity contribution in [1.82, 2.24) is 5.32 Å². The van der Waals surface area contributed by atoms with E-state index < -0.39 is 0 Å². The molecule has 110 valence electrons. The van der Waals surface area contributed by atoms with Gasteiger partial charge in [0.15, 0.2) is 0 Å². The van der Waals surface area contributed by atoms with Gasteiger partial charge in [-0.05, 0) is 37.1 Å². The molecule has 0 amide bonds. The highest BCUT2D eigenvalue weighted by Gasteiger charge is 2.27. The molecular weight excluding hydrogens is 263 g/mol. The molecule has 3 rings (SSSR count). The SMILES string of the molecule is Cc1ccc(F)c(N2CC(c3ccccc3)NCC2C)c1. The van der Waals surface area contributed by atoms with Crippen molar-refractivity contribution in [2.45, 2.75) is 25.9 Å². The number of rotatable bonds is 2. The molecule has 2 aromatic rings. The number of nitrogens with zero attached hydrogens (tertiary/aromatic N) is 1. The van der Waals surface area contributed by atoms with E-state index in [4.69, 9.17) is 0 Å². The Morgan fingerprint density at radius 1 is 1.14 bits per heavy atom. The van der Waals surface area contributed by atoms with Gasteiger partial charge in [0.1, 0.15) is 5.82 Å². The molecular formula is C18H21FN2. The zero-order chi connectivity index (χ0) is 14.8. The molecule has 3 heteroatoms. The Morgan fingerprint density at radius 3 is 2.67 bits per heavy atom. The van der Waals surface area contributed by atoms with E-state index in [1.807, 2.05) is 37.3 Å². The van der Waals surface area contributed by atoms with Crippen molar-refractivity contribution < 1.29 is 4.39 Å². The van der Waals surface area contributed by atoms with Crippen LogP contribution in [0.15, 0.2) is 48.5 Å². The number of piperazine rings is 1. The molecule has 2 atom stereocenters. The van der Waals surface area contributed by atoms with E-state index in [2.05, 4.69) is 29.3 Å². The summed E-state index contributed by atoms with van der Waals surface area (Å²) in [6.45, 7) is 5.78. The Balaban J connectivity index is 1.89. The maximum atomic E-state index is 14.2. The minimum absolute atomic E-state index is 0.138. The predicted molar refractivity (Wildman–Crippen MR) is 85.1 cm³/mol. The molecule has 1 aliphatic rings. The summed E-state index contributed by atoms with van der Waals surface area (Å²) in [5.74, 6) is -0.138. The van der Waals surface area contributed by atoms with Crippen molar-refractivity contribution in [3.8, 4) is 0 Å². The summed E-state index contributed by atoms with van der Waals surface area (Å²) in [6.07, 6.45) is 0. The van der Waals surface area contributed by atoms with Crippen molar-refractivity contribution in [3.63, 3.8) is 0 Å². The fourth-order valence-electron chi connectivity index (χ4n) is 2.95. The highest BCUT2D eigenvalue weighted by molar-refractivity contribution is 5.51. The summed E-state index contributed by atoms with van der Waals surface area (Å²) in [5.41, 5.74) is 3.06. The van der Waals surface area contributed by atoms with Crippen LogP contribution in [0.25, 0.3) is 0 Å². The van der Waals surface area contributed by atoms with Crippen molar-refractivity contribution in [3.05, 3.63) is 65.5 Å². The Kier molecular flexibility index (Phi) is 3.93. The van der Waals surface area contributed by atoms with Crippen LogP contribution >= 0.6 is 0 Å². The largest absolute Gasteiger partial charge is 0.363 e. The van der Waals surface area contributed by atoms with E-state index in [0.29, 0.717) is 5.69 Å². The first-order valence-corrected chi connectivity index (χ1v) is 7.46. The van der Waals surface area contributed by atoms with Crippen LogP contribution in [0.3, 0.4) is 0 Å². The quantitative estimate of drug-likeness (QED) is 0.905. The molecule has 21 heavy (non-hydrogen) atoms. The Morgan fingerprint density at radius 2 is 1.90 bits per heavy atom. The van der Waals surface area contributed by atoms with Crippen LogP contribution in [0.5, 0.6) is 0 Å². The standard InChI is InChI=1S/C18H21FN2/c1-13-8-9-16(19)18(10-13)21-12-17(20-11-14(21)2)15-6-4-3-5-7-15/h3-10,14,17,20H,11-12H2,1-2H3. The van der Waals surface area contributed by atoms with E-state index in [1.54, 1.807) is 6.07 Å². The molecule has 2 unspecified atom stereocenters. The number of halogens is 1. The minimum atomic E-state index is -0.138. The monoisotopic (exact) mass is 284 g/mol. The van der Waals surface area contributed by atoms with Crippen molar-refractivity contribution in [2.24, 2.45) is 0 Å². The number of benzene rings is 2. The van der Waals surface area contributed by atoms with Gasteiger partial charge in [0.05, 0.1) is 5.69 Å². The van der Waals surface area contributed by atoms with Crippen LogP contribution in [-0.4, -0.2) is 19.1 Å². The average molecular weight is 284 g/mol. The van der Waals surface area contributed by atoms with Crippen LogP contribution in [0, 0.1) is 12.7 Å². The molecule has 0 radical (unpaired) electrons. The number of anilines is 1. The number of aryl methyl sites for hydroxylation is 1. The summed E-state index contributed by atoms with van der Waals surface area (Å²) in [6, 6.07) is 16.2. The van der Waals surface area contributed by atoms with E-state index in [9.17, 15) is 4.39 Å². The zero-order valence-electron chi connectivity index (χ0n) is 12.5. The molecule has 2 nitrogen and oxygen atoms in total. The van der Waals surface area contributed by atoms with Crippen molar-refractivity contribution in [1.29, 1.82) is 0 Å². The predicted octanol–water partition coefficient (Wildman–Crippen LogP) is 3.67. The molecule has 0 aromatic heterocycles. The van der Waals surface area contributed by atoms with Gasteiger partial charge in [-0.15, -0.1) is 0 Å². The van der Waals surface area contributed by atoms with Gasteiger partial charge in [0.2, 0.25) is 0 Å². The second kappa shape index (κ2) is 5.86. The van der Waals surface area contributed by atoms with Gasteiger partial charge in [0.25, 0.3) is 0 Å². The van der Waals surface area contributed by atoms with Gasteiger partial charge >= 0.3 is 0 Å². The maximum Gasteiger partial charge on any atom is 0.146 e. The van der Waals surface area contributed by atoms with Crippen LogP contribution in [0.2, 0.25) is 0 Å². The van der Waals surface area contributed by atoms with E-state index in [-0.39, 0.29) is 17.9 Å². The molecule has 0 bridgehead atoms. The third-order valence-electron chi connectivity index (χ3n) is 4.18. The van der Waals surface area contributed by atoms with Gasteiger partial charge in [-0.2, -0.15) is 0 Å². The van der Waals surface area contributed by atoms with E-state index >= 15 is 0 Å². The lowest BCUT2D eigenvalue weighted by Crippen LogP contribution is -2.51. The molecule has 1 fully saturated rings. The molecule has 0 saturated carbocycles. The number of nitrogens with one attached hydrogen (secondary N) is 1. The summed E-state index contributed by atoms with van der Waals surface area (Å²) in [5, 5.41) is 3.55.